The summed E-state index contributed by atoms with van der Waals surface area (Å²) >= 11 is 4.14. The van der Waals surface area contributed by atoms with Crippen molar-refractivity contribution in [2.24, 2.45) is 0 Å². The van der Waals surface area contributed by atoms with E-state index in [0.717, 1.165) is 12.3 Å². The number of hydrogen-bond donors (Lipinski definition) is 1. The maximum Gasteiger partial charge on any atom is 0.119 e. The Balaban J connectivity index is 2.04. The first-order valence-electron chi connectivity index (χ1n) is 3.87. The Bertz CT molecular complexity index is 174. The first-order valence-corrected chi connectivity index (χ1v) is 4.50. The van der Waals surface area contributed by atoms with Crippen LogP contribution in [-0.4, -0.2) is 20.5 Å². The highest BCUT2D eigenvalue weighted by atomic mass is 32.1. The third kappa shape index (κ3) is 3.41. The maximum atomic E-state index is 4.14. The fourth-order valence-electron chi connectivity index (χ4n) is 0.921. The van der Waals surface area contributed by atoms with Crippen molar-refractivity contribution in [3.8, 4) is 0 Å². The monoisotopic (exact) mass is 171 g/mol. The zero-order chi connectivity index (χ0) is 7.94. The number of unbranched alkanes of at least 4 members (excludes halogenated alkanes) is 2. The Kier molecular flexibility index (Phi) is 4.04. The molecule has 0 atom stereocenters. The van der Waals surface area contributed by atoms with Gasteiger partial charge in [0.2, 0.25) is 0 Å². The SMILES string of the molecule is SCCCCCn1cnnc1. The normalized spacial score (nSPS) is 10.3. The van der Waals surface area contributed by atoms with E-state index in [4.69, 9.17) is 0 Å². The zero-order valence-corrected chi connectivity index (χ0v) is 7.37. The van der Waals surface area contributed by atoms with Gasteiger partial charge in [-0.05, 0) is 18.6 Å². The van der Waals surface area contributed by atoms with Gasteiger partial charge in [-0.1, -0.05) is 6.42 Å². The summed E-state index contributed by atoms with van der Waals surface area (Å²) in [5, 5.41) is 7.44. The van der Waals surface area contributed by atoms with Crippen molar-refractivity contribution in [1.29, 1.82) is 0 Å². The average molecular weight is 171 g/mol. The van der Waals surface area contributed by atoms with E-state index in [1.807, 2.05) is 4.57 Å². The molecule has 0 unspecified atom stereocenters. The highest BCUT2D eigenvalue weighted by molar-refractivity contribution is 7.80. The van der Waals surface area contributed by atoms with Crippen LogP contribution < -0.4 is 0 Å². The van der Waals surface area contributed by atoms with Gasteiger partial charge < -0.3 is 4.57 Å². The van der Waals surface area contributed by atoms with E-state index >= 15 is 0 Å². The largest absolute Gasteiger partial charge is 0.320 e. The lowest BCUT2D eigenvalue weighted by Crippen LogP contribution is -1.94. The molecule has 1 heterocycles. The average Bonchev–Trinajstić information content (AvgIpc) is 2.50. The van der Waals surface area contributed by atoms with Crippen LogP contribution >= 0.6 is 12.6 Å². The molecular formula is C7H13N3S. The van der Waals surface area contributed by atoms with Gasteiger partial charge in [0.15, 0.2) is 0 Å². The van der Waals surface area contributed by atoms with Gasteiger partial charge in [0, 0.05) is 6.54 Å². The molecule has 11 heavy (non-hydrogen) atoms. The highest BCUT2D eigenvalue weighted by Crippen LogP contribution is 1.98. The molecule has 0 bridgehead atoms. The fraction of sp³-hybridized carbons (Fsp3) is 0.714. The zero-order valence-electron chi connectivity index (χ0n) is 6.48. The van der Waals surface area contributed by atoms with Gasteiger partial charge in [0.1, 0.15) is 12.7 Å². The molecule has 0 saturated heterocycles. The lowest BCUT2D eigenvalue weighted by atomic mass is 10.2. The van der Waals surface area contributed by atoms with Gasteiger partial charge in [-0.3, -0.25) is 0 Å². The number of thiol groups is 1. The minimum atomic E-state index is 0.988. The molecule has 0 fully saturated rings. The third-order valence-corrected chi connectivity index (χ3v) is 1.86. The second-order valence-corrected chi connectivity index (χ2v) is 2.93. The number of aromatic nitrogens is 3. The molecule has 0 amide bonds. The molecule has 62 valence electrons. The van der Waals surface area contributed by atoms with Crippen molar-refractivity contribution >= 4 is 12.6 Å². The van der Waals surface area contributed by atoms with Crippen LogP contribution in [0.25, 0.3) is 0 Å². The smallest absolute Gasteiger partial charge is 0.119 e. The highest BCUT2D eigenvalue weighted by Gasteiger charge is 1.90. The van der Waals surface area contributed by atoms with Crippen molar-refractivity contribution in [2.45, 2.75) is 25.8 Å². The molecule has 1 aromatic heterocycles. The van der Waals surface area contributed by atoms with Crippen LogP contribution in [0.2, 0.25) is 0 Å². The molecule has 0 aromatic carbocycles. The van der Waals surface area contributed by atoms with E-state index in [2.05, 4.69) is 22.8 Å². The van der Waals surface area contributed by atoms with E-state index in [1.165, 1.54) is 19.3 Å². The summed E-state index contributed by atoms with van der Waals surface area (Å²) in [6.45, 7) is 1.03. The van der Waals surface area contributed by atoms with E-state index in [-0.39, 0.29) is 0 Å². The first kappa shape index (κ1) is 8.59. The fourth-order valence-corrected chi connectivity index (χ4v) is 1.14. The van der Waals surface area contributed by atoms with E-state index in [0.29, 0.717) is 0 Å². The summed E-state index contributed by atoms with van der Waals surface area (Å²) in [6.07, 6.45) is 7.13. The number of aryl methyl sites for hydroxylation is 1. The van der Waals surface area contributed by atoms with Crippen molar-refractivity contribution in [3.05, 3.63) is 12.7 Å². The molecule has 0 aliphatic heterocycles. The van der Waals surface area contributed by atoms with E-state index in [1.54, 1.807) is 12.7 Å². The summed E-state index contributed by atoms with van der Waals surface area (Å²) in [6, 6.07) is 0. The van der Waals surface area contributed by atoms with Crippen LogP contribution in [0.5, 0.6) is 0 Å². The summed E-state index contributed by atoms with van der Waals surface area (Å²) in [7, 11) is 0. The van der Waals surface area contributed by atoms with Crippen LogP contribution in [0, 0.1) is 0 Å². The molecule has 0 radical (unpaired) electrons. The predicted molar refractivity (Wildman–Crippen MR) is 47.7 cm³/mol. The molecule has 0 saturated carbocycles. The number of nitrogens with zero attached hydrogens (tertiary/aromatic N) is 3. The van der Waals surface area contributed by atoms with Gasteiger partial charge in [-0.25, -0.2) is 0 Å². The Hall–Kier alpha value is -0.510. The van der Waals surface area contributed by atoms with Crippen molar-refractivity contribution in [2.75, 3.05) is 5.75 Å². The quantitative estimate of drug-likeness (QED) is 0.536. The van der Waals surface area contributed by atoms with Crippen LogP contribution in [0.3, 0.4) is 0 Å². The van der Waals surface area contributed by atoms with Gasteiger partial charge in [-0.15, -0.1) is 10.2 Å². The molecule has 1 rings (SSSR count). The second-order valence-electron chi connectivity index (χ2n) is 2.48. The van der Waals surface area contributed by atoms with Crippen LogP contribution in [0.15, 0.2) is 12.7 Å². The Morgan fingerprint density at radius 2 is 1.82 bits per heavy atom. The molecule has 0 spiro atoms. The second kappa shape index (κ2) is 5.18. The van der Waals surface area contributed by atoms with Crippen molar-refractivity contribution in [1.82, 2.24) is 14.8 Å². The van der Waals surface area contributed by atoms with Gasteiger partial charge in [0.05, 0.1) is 0 Å². The van der Waals surface area contributed by atoms with Gasteiger partial charge in [0.25, 0.3) is 0 Å². The Morgan fingerprint density at radius 1 is 1.09 bits per heavy atom. The minimum Gasteiger partial charge on any atom is -0.320 e. The predicted octanol–water partition coefficient (Wildman–Crippen LogP) is 1.38. The summed E-state index contributed by atoms with van der Waals surface area (Å²) in [5.74, 6) is 0.988. The number of rotatable bonds is 5. The maximum absolute atomic E-state index is 4.14. The molecule has 4 heteroatoms. The third-order valence-electron chi connectivity index (χ3n) is 1.54. The Labute approximate surface area is 72.2 Å². The Morgan fingerprint density at radius 3 is 2.45 bits per heavy atom. The summed E-state index contributed by atoms with van der Waals surface area (Å²) < 4.78 is 2.00. The summed E-state index contributed by atoms with van der Waals surface area (Å²) in [5.41, 5.74) is 0. The first-order chi connectivity index (χ1) is 5.43. The lowest BCUT2D eigenvalue weighted by Gasteiger charge is -1.98. The molecule has 0 aliphatic carbocycles. The number of hydrogen-bond acceptors (Lipinski definition) is 3. The van der Waals surface area contributed by atoms with Crippen molar-refractivity contribution in [3.63, 3.8) is 0 Å². The minimum absolute atomic E-state index is 0.988. The standard InChI is InChI=1S/C7H13N3S/c11-5-3-1-2-4-10-6-8-9-7-10/h6-7,11H,1-5H2. The van der Waals surface area contributed by atoms with E-state index < -0.39 is 0 Å². The van der Waals surface area contributed by atoms with Gasteiger partial charge >= 0.3 is 0 Å². The molecule has 0 N–H and O–H groups in total. The van der Waals surface area contributed by atoms with Crippen LogP contribution in [0.1, 0.15) is 19.3 Å². The summed E-state index contributed by atoms with van der Waals surface area (Å²) in [4.78, 5) is 0. The lowest BCUT2D eigenvalue weighted by molar-refractivity contribution is 0.603. The van der Waals surface area contributed by atoms with Gasteiger partial charge in [-0.2, -0.15) is 12.6 Å². The van der Waals surface area contributed by atoms with Crippen LogP contribution in [0.4, 0.5) is 0 Å². The molecular weight excluding hydrogens is 158 g/mol. The van der Waals surface area contributed by atoms with Crippen LogP contribution in [-0.2, 0) is 6.54 Å². The van der Waals surface area contributed by atoms with E-state index in [9.17, 15) is 0 Å². The van der Waals surface area contributed by atoms with Crippen molar-refractivity contribution < 1.29 is 0 Å². The molecule has 1 aromatic rings. The molecule has 3 nitrogen and oxygen atoms in total. The topological polar surface area (TPSA) is 30.7 Å². The molecule has 0 aliphatic rings.